The largest absolute Gasteiger partial charge is 0.385 e. The van der Waals surface area contributed by atoms with Crippen LogP contribution in [0.2, 0.25) is 0 Å². The topological polar surface area (TPSA) is 41.8 Å². The summed E-state index contributed by atoms with van der Waals surface area (Å²) < 4.78 is 0. The van der Waals surface area contributed by atoms with Crippen molar-refractivity contribution in [2.75, 3.05) is 5.73 Å². The van der Waals surface area contributed by atoms with Crippen molar-refractivity contribution >= 4 is 5.82 Å². The summed E-state index contributed by atoms with van der Waals surface area (Å²) in [6.45, 7) is 2.03. The van der Waals surface area contributed by atoms with E-state index in [1.165, 1.54) is 11.1 Å². The van der Waals surface area contributed by atoms with Gasteiger partial charge < -0.3 is 10.7 Å². The second-order valence-electron chi connectivity index (χ2n) is 3.13. The zero-order chi connectivity index (χ0) is 9.26. The van der Waals surface area contributed by atoms with E-state index in [1.54, 1.807) is 0 Å². The van der Waals surface area contributed by atoms with Gasteiger partial charge in [-0.2, -0.15) is 0 Å². The van der Waals surface area contributed by atoms with Crippen molar-refractivity contribution in [3.63, 3.8) is 0 Å². The summed E-state index contributed by atoms with van der Waals surface area (Å²) in [5, 5.41) is 0. The van der Waals surface area contributed by atoms with Gasteiger partial charge in [0.15, 0.2) is 0 Å². The molecule has 0 atom stereocenters. The summed E-state index contributed by atoms with van der Waals surface area (Å²) in [6.07, 6.45) is 0. The number of H-pyrrole nitrogens is 1. The van der Waals surface area contributed by atoms with E-state index in [2.05, 4.69) is 17.1 Å². The van der Waals surface area contributed by atoms with Crippen molar-refractivity contribution in [2.45, 2.75) is 6.92 Å². The van der Waals surface area contributed by atoms with E-state index >= 15 is 0 Å². The molecule has 0 radical (unpaired) electrons. The van der Waals surface area contributed by atoms with E-state index in [-0.39, 0.29) is 0 Å². The van der Waals surface area contributed by atoms with Crippen LogP contribution in [0.5, 0.6) is 0 Å². The Labute approximate surface area is 77.4 Å². The minimum absolute atomic E-state index is 0.719. The highest BCUT2D eigenvalue weighted by atomic mass is 14.8. The number of nitrogens with two attached hydrogens (primary N) is 1. The molecule has 0 unspecified atom stereocenters. The number of aromatic amines is 1. The van der Waals surface area contributed by atoms with Gasteiger partial charge in [0.2, 0.25) is 0 Å². The van der Waals surface area contributed by atoms with Crippen molar-refractivity contribution in [1.82, 2.24) is 4.98 Å². The second kappa shape index (κ2) is 2.98. The molecule has 2 aromatic rings. The first-order chi connectivity index (χ1) is 6.27. The van der Waals surface area contributed by atoms with Crippen LogP contribution in [0.3, 0.4) is 0 Å². The standard InChI is InChI=1S/C11H12N2/c1-8-10(7-11(12)13-8)9-5-3-2-4-6-9/h2-7,13H,12H2,1H3. The second-order valence-corrected chi connectivity index (χ2v) is 3.13. The van der Waals surface area contributed by atoms with Crippen LogP contribution in [-0.4, -0.2) is 4.98 Å². The predicted octanol–water partition coefficient (Wildman–Crippen LogP) is 2.57. The molecule has 0 aliphatic heterocycles. The minimum atomic E-state index is 0.719. The van der Waals surface area contributed by atoms with Gasteiger partial charge in [0.1, 0.15) is 5.82 Å². The number of hydrogen-bond donors (Lipinski definition) is 2. The van der Waals surface area contributed by atoms with Gasteiger partial charge in [-0.3, -0.25) is 0 Å². The molecule has 0 saturated carbocycles. The van der Waals surface area contributed by atoms with Gasteiger partial charge in [-0.15, -0.1) is 0 Å². The maximum atomic E-state index is 5.66. The molecule has 66 valence electrons. The lowest BCUT2D eigenvalue weighted by Gasteiger charge is -1.97. The number of rotatable bonds is 1. The zero-order valence-corrected chi connectivity index (χ0v) is 7.54. The molecule has 0 fully saturated rings. The fourth-order valence-electron chi connectivity index (χ4n) is 1.50. The van der Waals surface area contributed by atoms with Crippen LogP contribution >= 0.6 is 0 Å². The molecule has 0 spiro atoms. The summed E-state index contributed by atoms with van der Waals surface area (Å²) in [5.41, 5.74) is 9.16. The molecule has 1 aromatic carbocycles. The Hall–Kier alpha value is -1.70. The van der Waals surface area contributed by atoms with Crippen LogP contribution in [0.1, 0.15) is 5.69 Å². The van der Waals surface area contributed by atoms with Crippen molar-refractivity contribution in [3.8, 4) is 11.1 Å². The van der Waals surface area contributed by atoms with Gasteiger partial charge >= 0.3 is 0 Å². The third-order valence-electron chi connectivity index (χ3n) is 2.12. The molecule has 0 saturated heterocycles. The van der Waals surface area contributed by atoms with E-state index in [0.29, 0.717) is 0 Å². The first-order valence-electron chi connectivity index (χ1n) is 4.28. The van der Waals surface area contributed by atoms with Crippen LogP contribution < -0.4 is 5.73 Å². The summed E-state index contributed by atoms with van der Waals surface area (Å²) in [7, 11) is 0. The number of aromatic nitrogens is 1. The van der Waals surface area contributed by atoms with Crippen LogP contribution in [0.4, 0.5) is 5.82 Å². The maximum Gasteiger partial charge on any atom is 0.101 e. The predicted molar refractivity (Wildman–Crippen MR) is 55.4 cm³/mol. The van der Waals surface area contributed by atoms with Gasteiger partial charge in [-0.1, -0.05) is 30.3 Å². The van der Waals surface area contributed by atoms with Crippen LogP contribution in [0.25, 0.3) is 11.1 Å². The Morgan fingerprint density at radius 2 is 1.85 bits per heavy atom. The van der Waals surface area contributed by atoms with Crippen molar-refractivity contribution in [2.24, 2.45) is 0 Å². The number of nitrogen functional groups attached to an aromatic ring is 1. The van der Waals surface area contributed by atoms with E-state index in [1.807, 2.05) is 31.2 Å². The van der Waals surface area contributed by atoms with Gasteiger partial charge in [0.25, 0.3) is 0 Å². The number of nitrogens with one attached hydrogen (secondary N) is 1. The highest BCUT2D eigenvalue weighted by molar-refractivity contribution is 5.69. The third-order valence-corrected chi connectivity index (χ3v) is 2.12. The molecule has 0 aliphatic carbocycles. The quantitative estimate of drug-likeness (QED) is 0.682. The summed E-state index contributed by atoms with van der Waals surface area (Å²) >= 11 is 0. The van der Waals surface area contributed by atoms with Crippen molar-refractivity contribution in [3.05, 3.63) is 42.1 Å². The molecule has 0 amide bonds. The molecule has 13 heavy (non-hydrogen) atoms. The fourth-order valence-corrected chi connectivity index (χ4v) is 1.50. The van der Waals surface area contributed by atoms with Gasteiger partial charge in [0.05, 0.1) is 0 Å². The zero-order valence-electron chi connectivity index (χ0n) is 7.54. The van der Waals surface area contributed by atoms with Gasteiger partial charge in [-0.05, 0) is 18.6 Å². The Kier molecular flexibility index (Phi) is 1.81. The summed E-state index contributed by atoms with van der Waals surface area (Å²) in [4.78, 5) is 3.08. The first-order valence-corrected chi connectivity index (χ1v) is 4.28. The molecule has 0 aliphatic rings. The average Bonchev–Trinajstić information content (AvgIpc) is 2.47. The van der Waals surface area contributed by atoms with Crippen LogP contribution in [-0.2, 0) is 0 Å². The molecule has 1 aromatic heterocycles. The Bertz CT molecular complexity index is 401. The maximum absolute atomic E-state index is 5.66. The lowest BCUT2D eigenvalue weighted by molar-refractivity contribution is 1.27. The van der Waals surface area contributed by atoms with Crippen molar-refractivity contribution < 1.29 is 0 Å². The number of hydrogen-bond acceptors (Lipinski definition) is 1. The normalized spacial score (nSPS) is 10.2. The summed E-state index contributed by atoms with van der Waals surface area (Å²) in [5.74, 6) is 0.719. The molecule has 3 N–H and O–H groups in total. The molecular formula is C11H12N2. The van der Waals surface area contributed by atoms with E-state index in [0.717, 1.165) is 11.5 Å². The van der Waals surface area contributed by atoms with Crippen LogP contribution in [0, 0.1) is 6.92 Å². The molecule has 2 heteroatoms. The number of benzene rings is 1. The number of aryl methyl sites for hydroxylation is 1. The average molecular weight is 172 g/mol. The fraction of sp³-hybridized carbons (Fsp3) is 0.0909. The Morgan fingerprint density at radius 1 is 1.15 bits per heavy atom. The molecule has 0 bridgehead atoms. The number of anilines is 1. The third kappa shape index (κ3) is 1.43. The molecular weight excluding hydrogens is 160 g/mol. The summed E-state index contributed by atoms with van der Waals surface area (Å²) in [6, 6.07) is 12.2. The first kappa shape index (κ1) is 7.92. The minimum Gasteiger partial charge on any atom is -0.385 e. The van der Waals surface area contributed by atoms with Gasteiger partial charge in [-0.25, -0.2) is 0 Å². The Balaban J connectivity index is 2.53. The highest BCUT2D eigenvalue weighted by Crippen LogP contribution is 2.24. The SMILES string of the molecule is Cc1[nH]c(N)cc1-c1ccccc1. The van der Waals surface area contributed by atoms with Crippen molar-refractivity contribution in [1.29, 1.82) is 0 Å². The lowest BCUT2D eigenvalue weighted by atomic mass is 10.1. The molecule has 2 rings (SSSR count). The van der Waals surface area contributed by atoms with Gasteiger partial charge in [0, 0.05) is 11.3 Å². The molecule has 1 heterocycles. The van der Waals surface area contributed by atoms with E-state index < -0.39 is 0 Å². The van der Waals surface area contributed by atoms with E-state index in [4.69, 9.17) is 5.73 Å². The Morgan fingerprint density at radius 3 is 2.38 bits per heavy atom. The lowest BCUT2D eigenvalue weighted by Crippen LogP contribution is -1.81. The highest BCUT2D eigenvalue weighted by Gasteiger charge is 2.03. The molecule has 2 nitrogen and oxygen atoms in total. The monoisotopic (exact) mass is 172 g/mol. The van der Waals surface area contributed by atoms with Crippen LogP contribution in [0.15, 0.2) is 36.4 Å². The smallest absolute Gasteiger partial charge is 0.101 e. The van der Waals surface area contributed by atoms with E-state index in [9.17, 15) is 0 Å².